The summed E-state index contributed by atoms with van der Waals surface area (Å²) in [6.45, 7) is 4.97. The molecule has 1 N–H and O–H groups in total. The number of nitrogens with one attached hydrogen (secondary N) is 1. The lowest BCUT2D eigenvalue weighted by molar-refractivity contribution is 0.402. The molecule has 1 heterocycles. The number of aromatic nitrogens is 2. The van der Waals surface area contributed by atoms with Gasteiger partial charge < -0.3 is 9.73 Å². The summed E-state index contributed by atoms with van der Waals surface area (Å²) >= 11 is 9.60. The molecular weight excluding hydrogens is 330 g/mol. The van der Waals surface area contributed by atoms with Crippen molar-refractivity contribution in [1.29, 1.82) is 0 Å². The third kappa shape index (κ3) is 3.16. The van der Waals surface area contributed by atoms with Gasteiger partial charge in [-0.2, -0.15) is 0 Å². The molecule has 1 atom stereocenters. The van der Waals surface area contributed by atoms with Crippen molar-refractivity contribution in [1.82, 2.24) is 15.5 Å². The van der Waals surface area contributed by atoms with Gasteiger partial charge in [-0.05, 0) is 41.0 Å². The van der Waals surface area contributed by atoms with Crippen molar-refractivity contribution in [2.45, 2.75) is 26.3 Å². The molecule has 2 aromatic rings. The van der Waals surface area contributed by atoms with Gasteiger partial charge in [-0.25, -0.2) is 0 Å². The summed E-state index contributed by atoms with van der Waals surface area (Å²) in [5, 5.41) is 12.1. The van der Waals surface area contributed by atoms with Crippen LogP contribution in [0.1, 0.15) is 32.2 Å². The highest BCUT2D eigenvalue weighted by Gasteiger charge is 2.18. The third-order valence-electron chi connectivity index (χ3n) is 2.78. The van der Waals surface area contributed by atoms with E-state index in [4.69, 9.17) is 16.0 Å². The molecule has 0 fully saturated rings. The fourth-order valence-corrected chi connectivity index (χ4v) is 2.38. The number of halogens is 2. The van der Waals surface area contributed by atoms with E-state index in [9.17, 15) is 0 Å². The van der Waals surface area contributed by atoms with E-state index in [0.29, 0.717) is 16.8 Å². The Labute approximate surface area is 125 Å². The van der Waals surface area contributed by atoms with E-state index in [0.717, 1.165) is 23.0 Å². The molecule has 0 amide bonds. The predicted octanol–water partition coefficient (Wildman–Crippen LogP) is 4.21. The number of rotatable bonds is 5. The monoisotopic (exact) mass is 343 g/mol. The maximum absolute atomic E-state index is 6.22. The van der Waals surface area contributed by atoms with E-state index < -0.39 is 0 Å². The van der Waals surface area contributed by atoms with Crippen molar-refractivity contribution in [2.75, 3.05) is 6.54 Å². The van der Waals surface area contributed by atoms with E-state index in [2.05, 4.69) is 38.4 Å². The van der Waals surface area contributed by atoms with E-state index >= 15 is 0 Å². The van der Waals surface area contributed by atoms with Gasteiger partial charge in [0.25, 0.3) is 0 Å². The van der Waals surface area contributed by atoms with Gasteiger partial charge in [0.05, 0.1) is 16.6 Å². The molecule has 0 aliphatic carbocycles. The van der Waals surface area contributed by atoms with E-state index in [1.807, 2.05) is 25.1 Å². The van der Waals surface area contributed by atoms with E-state index in [1.54, 1.807) is 0 Å². The van der Waals surface area contributed by atoms with Crippen molar-refractivity contribution < 1.29 is 4.42 Å². The second-order valence-electron chi connectivity index (χ2n) is 4.07. The molecule has 0 bridgehead atoms. The molecule has 102 valence electrons. The SMILES string of the molecule is CCNC(CC)c1nnc(-c2cccc(Br)c2Cl)o1. The smallest absolute Gasteiger partial charge is 0.249 e. The highest BCUT2D eigenvalue weighted by molar-refractivity contribution is 9.10. The molecular formula is C13H15BrClN3O. The van der Waals surface area contributed by atoms with E-state index in [-0.39, 0.29) is 6.04 Å². The normalized spacial score (nSPS) is 12.6. The topological polar surface area (TPSA) is 51.0 Å². The lowest BCUT2D eigenvalue weighted by atomic mass is 10.2. The zero-order valence-corrected chi connectivity index (χ0v) is 13.1. The van der Waals surface area contributed by atoms with Crippen LogP contribution in [0.25, 0.3) is 11.5 Å². The summed E-state index contributed by atoms with van der Waals surface area (Å²) < 4.78 is 6.53. The second-order valence-corrected chi connectivity index (χ2v) is 5.30. The summed E-state index contributed by atoms with van der Waals surface area (Å²) in [6.07, 6.45) is 0.891. The van der Waals surface area contributed by atoms with Gasteiger partial charge in [-0.3, -0.25) is 0 Å². The van der Waals surface area contributed by atoms with Gasteiger partial charge in [0.2, 0.25) is 11.8 Å². The Morgan fingerprint density at radius 2 is 2.16 bits per heavy atom. The third-order valence-corrected chi connectivity index (χ3v) is 4.08. The number of nitrogens with zero attached hydrogens (tertiary/aromatic N) is 2. The molecule has 0 saturated heterocycles. The minimum atomic E-state index is 0.0807. The summed E-state index contributed by atoms with van der Waals surface area (Å²) in [6, 6.07) is 5.70. The Kier molecular flexibility index (Phi) is 4.96. The molecule has 0 spiro atoms. The van der Waals surface area contributed by atoms with Crippen molar-refractivity contribution in [3.8, 4) is 11.5 Å². The van der Waals surface area contributed by atoms with Crippen LogP contribution in [0.15, 0.2) is 27.1 Å². The molecule has 0 aliphatic rings. The molecule has 1 aromatic heterocycles. The first-order valence-electron chi connectivity index (χ1n) is 6.18. The van der Waals surface area contributed by atoms with Crippen LogP contribution in [0.5, 0.6) is 0 Å². The molecule has 0 saturated carbocycles. The maximum Gasteiger partial charge on any atom is 0.249 e. The van der Waals surface area contributed by atoms with Crippen LogP contribution in [0.3, 0.4) is 0 Å². The fraction of sp³-hybridized carbons (Fsp3) is 0.385. The molecule has 1 unspecified atom stereocenters. The lowest BCUT2D eigenvalue weighted by Crippen LogP contribution is -2.20. The van der Waals surface area contributed by atoms with Crippen LogP contribution in [0.2, 0.25) is 5.02 Å². The van der Waals surface area contributed by atoms with E-state index in [1.165, 1.54) is 0 Å². The lowest BCUT2D eigenvalue weighted by Gasteiger charge is -2.10. The molecule has 19 heavy (non-hydrogen) atoms. The van der Waals surface area contributed by atoms with Gasteiger partial charge >= 0.3 is 0 Å². The molecule has 0 radical (unpaired) electrons. The number of benzene rings is 1. The summed E-state index contributed by atoms with van der Waals surface area (Å²) in [7, 11) is 0. The van der Waals surface area contributed by atoms with Crippen molar-refractivity contribution in [3.63, 3.8) is 0 Å². The Balaban J connectivity index is 2.32. The first-order valence-corrected chi connectivity index (χ1v) is 7.35. The highest BCUT2D eigenvalue weighted by Crippen LogP contribution is 2.33. The molecule has 2 rings (SSSR count). The highest BCUT2D eigenvalue weighted by atomic mass is 79.9. The minimum Gasteiger partial charge on any atom is -0.419 e. The Bertz CT molecular complexity index is 559. The van der Waals surface area contributed by atoms with Crippen molar-refractivity contribution in [2.24, 2.45) is 0 Å². The Morgan fingerprint density at radius 1 is 1.37 bits per heavy atom. The van der Waals surface area contributed by atoms with Crippen LogP contribution in [0, 0.1) is 0 Å². The minimum absolute atomic E-state index is 0.0807. The van der Waals surface area contributed by atoms with Crippen LogP contribution in [-0.2, 0) is 0 Å². The van der Waals surface area contributed by atoms with Gasteiger partial charge in [0, 0.05) is 4.47 Å². The first kappa shape index (κ1) is 14.5. The van der Waals surface area contributed by atoms with Crippen LogP contribution < -0.4 is 5.32 Å². The Morgan fingerprint density at radius 3 is 2.84 bits per heavy atom. The predicted molar refractivity (Wildman–Crippen MR) is 79.2 cm³/mol. The molecule has 1 aromatic carbocycles. The number of hydrogen-bond donors (Lipinski definition) is 1. The van der Waals surface area contributed by atoms with Crippen LogP contribution in [-0.4, -0.2) is 16.7 Å². The van der Waals surface area contributed by atoms with Gasteiger partial charge in [-0.15, -0.1) is 10.2 Å². The summed E-state index contributed by atoms with van der Waals surface area (Å²) in [5.74, 6) is 1.04. The van der Waals surface area contributed by atoms with Crippen molar-refractivity contribution >= 4 is 27.5 Å². The summed E-state index contributed by atoms with van der Waals surface area (Å²) in [5.41, 5.74) is 0.737. The quantitative estimate of drug-likeness (QED) is 0.882. The number of hydrogen-bond acceptors (Lipinski definition) is 4. The first-order chi connectivity index (χ1) is 9.17. The Hall–Kier alpha value is -0.910. The average Bonchev–Trinajstić information content (AvgIpc) is 2.88. The largest absolute Gasteiger partial charge is 0.419 e. The van der Waals surface area contributed by atoms with Gasteiger partial charge in [0.1, 0.15) is 0 Å². The summed E-state index contributed by atoms with van der Waals surface area (Å²) in [4.78, 5) is 0. The molecule has 4 nitrogen and oxygen atoms in total. The zero-order chi connectivity index (χ0) is 13.8. The van der Waals surface area contributed by atoms with Crippen LogP contribution >= 0.6 is 27.5 Å². The molecule has 6 heteroatoms. The van der Waals surface area contributed by atoms with Gasteiger partial charge in [0.15, 0.2) is 0 Å². The fourth-order valence-electron chi connectivity index (χ4n) is 1.81. The van der Waals surface area contributed by atoms with Crippen molar-refractivity contribution in [3.05, 3.63) is 33.6 Å². The van der Waals surface area contributed by atoms with Crippen LogP contribution in [0.4, 0.5) is 0 Å². The van der Waals surface area contributed by atoms with Gasteiger partial charge in [-0.1, -0.05) is 31.5 Å². The average molecular weight is 345 g/mol. The maximum atomic E-state index is 6.22. The second kappa shape index (κ2) is 6.50. The molecule has 0 aliphatic heterocycles. The zero-order valence-electron chi connectivity index (χ0n) is 10.8. The standard InChI is InChI=1S/C13H15BrClN3O/c1-3-10(16-4-2)13-18-17-12(19-13)8-6-5-7-9(14)11(8)15/h5-7,10,16H,3-4H2,1-2H3.